The summed E-state index contributed by atoms with van der Waals surface area (Å²) in [6.45, 7) is 2.03. The number of ether oxygens (including phenoxy) is 2. The van der Waals surface area contributed by atoms with Gasteiger partial charge in [-0.05, 0) is 37.5 Å². The molecule has 0 aromatic heterocycles. The van der Waals surface area contributed by atoms with E-state index in [9.17, 15) is 14.4 Å². The molecule has 4 aliphatic rings. The maximum absolute atomic E-state index is 13.3. The highest BCUT2D eigenvalue weighted by Gasteiger charge is 2.67. The molecule has 2 bridgehead atoms. The summed E-state index contributed by atoms with van der Waals surface area (Å²) in [5, 5.41) is 2.91. The van der Waals surface area contributed by atoms with Crippen LogP contribution in [0.15, 0.2) is 36.4 Å². The lowest BCUT2D eigenvalue weighted by Crippen LogP contribution is -2.41. The highest BCUT2D eigenvalue weighted by molar-refractivity contribution is 6.02. The number of fused-ring (bicyclic) bond motifs is 1. The van der Waals surface area contributed by atoms with Crippen LogP contribution in [0.2, 0.25) is 0 Å². The Hall–Kier alpha value is -2.67. The molecule has 7 heteroatoms. The normalized spacial score (nSPS) is 32.0. The maximum atomic E-state index is 13.3. The first kappa shape index (κ1) is 19.3. The molecule has 1 aliphatic carbocycles. The van der Waals surface area contributed by atoms with Gasteiger partial charge in [0.25, 0.3) is 5.91 Å². The second-order valence-corrected chi connectivity index (χ2v) is 8.82. The minimum Gasteiger partial charge on any atom is -0.455 e. The van der Waals surface area contributed by atoms with Crippen molar-refractivity contribution in [3.8, 4) is 0 Å². The van der Waals surface area contributed by atoms with Gasteiger partial charge in [-0.15, -0.1) is 0 Å². The van der Waals surface area contributed by atoms with E-state index in [1.54, 1.807) is 4.90 Å². The third kappa shape index (κ3) is 3.12. The van der Waals surface area contributed by atoms with E-state index in [4.69, 9.17) is 9.47 Å². The summed E-state index contributed by atoms with van der Waals surface area (Å²) in [6, 6.07) is 7.90. The predicted molar refractivity (Wildman–Crippen MR) is 109 cm³/mol. The fourth-order valence-electron chi connectivity index (χ4n) is 5.35. The van der Waals surface area contributed by atoms with Crippen LogP contribution in [0.3, 0.4) is 0 Å². The zero-order valence-electron chi connectivity index (χ0n) is 17.0. The van der Waals surface area contributed by atoms with Crippen molar-refractivity contribution in [2.45, 2.75) is 50.4 Å². The fraction of sp³-hybridized carbons (Fsp3) is 0.522. The Bertz CT molecular complexity index is 922. The molecule has 3 aliphatic heterocycles. The van der Waals surface area contributed by atoms with Gasteiger partial charge in [0.2, 0.25) is 5.91 Å². The standard InChI is InChI=1S/C23H26N2O5/c1-14-5-4-8-16(11-14)25-13-23-10-9-17(30-23)19(20(23)21(25)27)22(28)29-12-18(26)24-15-6-2-3-7-15/h4-5,8-11,15,17,19-20H,2-3,6-7,12-13H2,1H3,(H,24,26). The molecule has 158 valence electrons. The zero-order valence-corrected chi connectivity index (χ0v) is 17.0. The Balaban J connectivity index is 1.28. The quantitative estimate of drug-likeness (QED) is 0.592. The third-order valence-corrected chi connectivity index (χ3v) is 6.75. The summed E-state index contributed by atoms with van der Waals surface area (Å²) in [5.74, 6) is -2.32. The summed E-state index contributed by atoms with van der Waals surface area (Å²) in [6.07, 6.45) is 7.43. The number of hydrogen-bond acceptors (Lipinski definition) is 5. The molecule has 4 unspecified atom stereocenters. The van der Waals surface area contributed by atoms with Gasteiger partial charge in [0, 0.05) is 11.7 Å². The van der Waals surface area contributed by atoms with Crippen LogP contribution in [0, 0.1) is 18.8 Å². The molecule has 30 heavy (non-hydrogen) atoms. The molecule has 4 atom stereocenters. The second-order valence-electron chi connectivity index (χ2n) is 8.82. The monoisotopic (exact) mass is 410 g/mol. The molecule has 5 rings (SSSR count). The van der Waals surface area contributed by atoms with Crippen molar-refractivity contribution in [2.24, 2.45) is 11.8 Å². The van der Waals surface area contributed by atoms with Crippen molar-refractivity contribution in [3.05, 3.63) is 42.0 Å². The van der Waals surface area contributed by atoms with Crippen LogP contribution < -0.4 is 10.2 Å². The number of nitrogens with one attached hydrogen (secondary N) is 1. The molecule has 1 aromatic rings. The second kappa shape index (κ2) is 7.23. The zero-order chi connectivity index (χ0) is 20.9. The number of hydrogen-bond donors (Lipinski definition) is 1. The van der Waals surface area contributed by atoms with Crippen molar-refractivity contribution in [3.63, 3.8) is 0 Å². The van der Waals surface area contributed by atoms with Crippen LogP contribution in [0.25, 0.3) is 0 Å². The van der Waals surface area contributed by atoms with E-state index >= 15 is 0 Å². The largest absolute Gasteiger partial charge is 0.455 e. The van der Waals surface area contributed by atoms with Gasteiger partial charge in [-0.25, -0.2) is 0 Å². The van der Waals surface area contributed by atoms with Gasteiger partial charge < -0.3 is 19.7 Å². The Kier molecular flexibility index (Phi) is 4.65. The average Bonchev–Trinajstić information content (AvgIpc) is 3.49. The minimum atomic E-state index is -0.804. The molecule has 1 aromatic carbocycles. The number of benzene rings is 1. The summed E-state index contributed by atoms with van der Waals surface area (Å²) >= 11 is 0. The SMILES string of the molecule is Cc1cccc(N2CC34C=CC(O3)C(C(=O)OCC(=O)NC3CCCC3)C4C2=O)c1. The topological polar surface area (TPSA) is 84.9 Å². The number of nitrogens with zero attached hydrogens (tertiary/aromatic N) is 1. The predicted octanol–water partition coefficient (Wildman–Crippen LogP) is 1.88. The van der Waals surface area contributed by atoms with Crippen LogP contribution in [0.4, 0.5) is 5.69 Å². The molecule has 2 saturated heterocycles. The number of aryl methyl sites for hydroxylation is 1. The Morgan fingerprint density at radius 2 is 2.10 bits per heavy atom. The first-order valence-corrected chi connectivity index (χ1v) is 10.7. The van der Waals surface area contributed by atoms with Crippen LogP contribution >= 0.6 is 0 Å². The van der Waals surface area contributed by atoms with E-state index < -0.39 is 29.5 Å². The van der Waals surface area contributed by atoms with Gasteiger partial charge in [-0.2, -0.15) is 0 Å². The van der Waals surface area contributed by atoms with Crippen LogP contribution in [0.1, 0.15) is 31.2 Å². The van der Waals surface area contributed by atoms with Crippen molar-refractivity contribution in [1.82, 2.24) is 5.32 Å². The highest BCUT2D eigenvalue weighted by Crippen LogP contribution is 2.52. The van der Waals surface area contributed by atoms with Gasteiger partial charge in [0.15, 0.2) is 6.61 Å². The number of carbonyl (C=O) groups is 3. The smallest absolute Gasteiger partial charge is 0.313 e. The molecule has 1 N–H and O–H groups in total. The van der Waals surface area contributed by atoms with Gasteiger partial charge in [-0.1, -0.05) is 37.1 Å². The molecular formula is C23H26N2O5. The van der Waals surface area contributed by atoms with Crippen molar-refractivity contribution in [1.29, 1.82) is 0 Å². The molecule has 7 nitrogen and oxygen atoms in total. The molecule has 0 radical (unpaired) electrons. The van der Waals surface area contributed by atoms with E-state index in [0.29, 0.717) is 6.54 Å². The van der Waals surface area contributed by atoms with Gasteiger partial charge >= 0.3 is 5.97 Å². The first-order valence-electron chi connectivity index (χ1n) is 10.7. The number of rotatable bonds is 5. The van der Waals surface area contributed by atoms with E-state index in [1.165, 1.54) is 0 Å². The molecule has 3 fully saturated rings. The molecule has 1 saturated carbocycles. The molecule has 2 amide bonds. The lowest BCUT2D eigenvalue weighted by Gasteiger charge is -2.22. The van der Waals surface area contributed by atoms with Crippen molar-refractivity contribution in [2.75, 3.05) is 18.1 Å². The lowest BCUT2D eigenvalue weighted by molar-refractivity contribution is -0.155. The van der Waals surface area contributed by atoms with Crippen LogP contribution in [-0.2, 0) is 23.9 Å². The van der Waals surface area contributed by atoms with E-state index in [2.05, 4.69) is 5.32 Å². The molecule has 3 heterocycles. The van der Waals surface area contributed by atoms with E-state index in [-0.39, 0.29) is 24.5 Å². The average molecular weight is 410 g/mol. The third-order valence-electron chi connectivity index (χ3n) is 6.75. The summed E-state index contributed by atoms with van der Waals surface area (Å²) in [4.78, 5) is 40.0. The fourth-order valence-corrected chi connectivity index (χ4v) is 5.35. The Morgan fingerprint density at radius 1 is 1.30 bits per heavy atom. The summed E-state index contributed by atoms with van der Waals surface area (Å²) in [7, 11) is 0. The van der Waals surface area contributed by atoms with Crippen LogP contribution in [-0.4, -0.2) is 48.7 Å². The van der Waals surface area contributed by atoms with Gasteiger partial charge in [0.1, 0.15) is 11.5 Å². The van der Waals surface area contributed by atoms with E-state index in [0.717, 1.165) is 36.9 Å². The highest BCUT2D eigenvalue weighted by atomic mass is 16.6. The number of carbonyl (C=O) groups excluding carboxylic acids is 3. The lowest BCUT2D eigenvalue weighted by atomic mass is 9.77. The molecular weight excluding hydrogens is 384 g/mol. The number of esters is 1. The maximum Gasteiger partial charge on any atom is 0.313 e. The van der Waals surface area contributed by atoms with Crippen molar-refractivity contribution >= 4 is 23.5 Å². The number of anilines is 1. The van der Waals surface area contributed by atoms with Crippen LogP contribution in [0.5, 0.6) is 0 Å². The van der Waals surface area contributed by atoms with Gasteiger partial charge in [-0.3, -0.25) is 14.4 Å². The van der Waals surface area contributed by atoms with Crippen molar-refractivity contribution < 1.29 is 23.9 Å². The molecule has 1 spiro atoms. The summed E-state index contributed by atoms with van der Waals surface area (Å²) < 4.78 is 11.4. The Morgan fingerprint density at radius 3 is 2.87 bits per heavy atom. The Labute approximate surface area is 175 Å². The van der Waals surface area contributed by atoms with E-state index in [1.807, 2.05) is 43.3 Å². The minimum absolute atomic E-state index is 0.134. The summed E-state index contributed by atoms with van der Waals surface area (Å²) in [5.41, 5.74) is 1.05. The van der Waals surface area contributed by atoms with Gasteiger partial charge in [0.05, 0.1) is 18.6 Å². The number of amides is 2. The first-order chi connectivity index (χ1) is 14.5.